The topological polar surface area (TPSA) is 96.7 Å². The Balaban J connectivity index is 1.76. The monoisotopic (exact) mass is 415 g/mol. The molecule has 3 rings (SSSR count). The number of hydrogen-bond donors (Lipinski definition) is 2. The van der Waals surface area contributed by atoms with Gasteiger partial charge in [0.15, 0.2) is 11.5 Å². The third-order valence-electron chi connectivity index (χ3n) is 4.70. The maximum Gasteiger partial charge on any atom is 0.410 e. The smallest absolute Gasteiger partial charge is 0.410 e. The molecule has 0 spiro atoms. The molecule has 0 bridgehead atoms. The molecule has 0 atom stereocenters. The van der Waals surface area contributed by atoms with Gasteiger partial charge in [0.25, 0.3) is 0 Å². The van der Waals surface area contributed by atoms with Crippen LogP contribution in [0.3, 0.4) is 0 Å². The lowest BCUT2D eigenvalue weighted by Crippen LogP contribution is -2.44. The highest BCUT2D eigenvalue weighted by molar-refractivity contribution is 5.70. The van der Waals surface area contributed by atoms with Crippen molar-refractivity contribution < 1.29 is 9.53 Å². The molecule has 1 fully saturated rings. The first kappa shape index (κ1) is 21.9. The standard InChI is InChI=1S/C21H33N7O2/c1-13(2)16-12-22-18-17(25-19(23-14(3)4)26-28(16)18)24-15-8-10-27(11-9-15)20(29)30-21(5,6)7/h12,14-15H,1,8-11H2,2-7H3,(H2,23,24,25,26). The van der Waals surface area contributed by atoms with E-state index in [2.05, 4.69) is 32.3 Å². The first-order valence-corrected chi connectivity index (χ1v) is 10.5. The number of anilines is 2. The van der Waals surface area contributed by atoms with Crippen LogP contribution in [0.15, 0.2) is 12.8 Å². The summed E-state index contributed by atoms with van der Waals surface area (Å²) in [5.41, 5.74) is 1.91. The molecular formula is C21H33N7O2. The van der Waals surface area contributed by atoms with Gasteiger partial charge in [-0.25, -0.2) is 14.3 Å². The van der Waals surface area contributed by atoms with Crippen LogP contribution in [0.4, 0.5) is 16.6 Å². The lowest BCUT2D eigenvalue weighted by Gasteiger charge is -2.33. The van der Waals surface area contributed by atoms with Crippen LogP contribution in [0.25, 0.3) is 11.2 Å². The molecular weight excluding hydrogens is 382 g/mol. The van der Waals surface area contributed by atoms with E-state index >= 15 is 0 Å². The highest BCUT2D eigenvalue weighted by Crippen LogP contribution is 2.23. The number of nitrogens with one attached hydrogen (secondary N) is 2. The number of aromatic nitrogens is 4. The largest absolute Gasteiger partial charge is 0.444 e. The van der Waals surface area contributed by atoms with Crippen LogP contribution in [-0.4, -0.2) is 61.3 Å². The average Bonchev–Trinajstić information content (AvgIpc) is 3.04. The zero-order chi connectivity index (χ0) is 22.1. The van der Waals surface area contributed by atoms with Crippen molar-refractivity contribution in [3.8, 4) is 0 Å². The van der Waals surface area contributed by atoms with Gasteiger partial charge in [-0.05, 0) is 60.0 Å². The third kappa shape index (κ3) is 5.20. The van der Waals surface area contributed by atoms with E-state index in [9.17, 15) is 4.79 Å². The summed E-state index contributed by atoms with van der Waals surface area (Å²) in [5.74, 6) is 1.21. The summed E-state index contributed by atoms with van der Waals surface area (Å²) in [7, 11) is 0. The summed E-state index contributed by atoms with van der Waals surface area (Å²) in [5, 5.41) is 11.4. The van der Waals surface area contributed by atoms with Crippen LogP contribution in [0.2, 0.25) is 0 Å². The van der Waals surface area contributed by atoms with Gasteiger partial charge in [0, 0.05) is 25.2 Å². The van der Waals surface area contributed by atoms with Gasteiger partial charge in [-0.15, -0.1) is 5.10 Å². The molecule has 1 saturated heterocycles. The Morgan fingerprint density at radius 2 is 1.97 bits per heavy atom. The van der Waals surface area contributed by atoms with E-state index in [1.54, 1.807) is 15.6 Å². The van der Waals surface area contributed by atoms with Crippen molar-refractivity contribution in [2.24, 2.45) is 0 Å². The van der Waals surface area contributed by atoms with E-state index in [4.69, 9.17) is 4.74 Å². The molecule has 9 nitrogen and oxygen atoms in total. The Bertz CT molecular complexity index is 921. The van der Waals surface area contributed by atoms with Crippen molar-refractivity contribution in [3.05, 3.63) is 18.5 Å². The number of carbonyl (C=O) groups is 1. The minimum absolute atomic E-state index is 0.180. The number of likely N-dealkylation sites (tertiary alicyclic amines) is 1. The second-order valence-corrected chi connectivity index (χ2v) is 9.13. The van der Waals surface area contributed by atoms with Crippen molar-refractivity contribution in [1.29, 1.82) is 0 Å². The zero-order valence-corrected chi connectivity index (χ0v) is 18.8. The normalized spacial score (nSPS) is 15.5. The first-order valence-electron chi connectivity index (χ1n) is 10.5. The maximum atomic E-state index is 12.3. The lowest BCUT2D eigenvalue weighted by molar-refractivity contribution is 0.0210. The molecule has 164 valence electrons. The van der Waals surface area contributed by atoms with Gasteiger partial charge in [-0.2, -0.15) is 4.98 Å². The van der Waals surface area contributed by atoms with E-state index in [-0.39, 0.29) is 18.2 Å². The van der Waals surface area contributed by atoms with E-state index in [1.807, 2.05) is 41.5 Å². The van der Waals surface area contributed by atoms with Crippen molar-refractivity contribution in [1.82, 2.24) is 24.5 Å². The quantitative estimate of drug-likeness (QED) is 0.767. The number of allylic oxidation sites excluding steroid dienone is 1. The first-order chi connectivity index (χ1) is 14.0. The van der Waals surface area contributed by atoms with Gasteiger partial charge in [0.2, 0.25) is 5.95 Å². The number of amides is 1. The Hall–Kier alpha value is -2.84. The number of imidazole rings is 1. The molecule has 3 heterocycles. The molecule has 2 aromatic heterocycles. The molecule has 0 saturated carbocycles. The van der Waals surface area contributed by atoms with E-state index < -0.39 is 5.60 Å². The SMILES string of the molecule is C=C(C)c1cnc2c(NC3CCN(C(=O)OC(C)(C)C)CC3)nc(NC(C)C)nn12. The minimum atomic E-state index is -0.486. The van der Waals surface area contributed by atoms with E-state index in [0.29, 0.717) is 30.5 Å². The fraction of sp³-hybridized carbons (Fsp3) is 0.619. The Labute approximate surface area is 177 Å². The second kappa shape index (κ2) is 8.49. The van der Waals surface area contributed by atoms with Crippen molar-refractivity contribution in [2.75, 3.05) is 23.7 Å². The molecule has 2 aromatic rings. The molecule has 1 aliphatic rings. The predicted octanol–water partition coefficient (Wildman–Crippen LogP) is 3.79. The summed E-state index contributed by atoms with van der Waals surface area (Å²) in [6, 6.07) is 0.378. The average molecular weight is 416 g/mol. The van der Waals surface area contributed by atoms with Crippen LogP contribution in [0.1, 0.15) is 60.1 Å². The molecule has 9 heteroatoms. The van der Waals surface area contributed by atoms with Crippen LogP contribution in [0, 0.1) is 0 Å². The van der Waals surface area contributed by atoms with Crippen LogP contribution in [-0.2, 0) is 4.74 Å². The van der Waals surface area contributed by atoms with Crippen LogP contribution >= 0.6 is 0 Å². The Kier molecular flexibility index (Phi) is 6.19. The second-order valence-electron chi connectivity index (χ2n) is 9.13. The molecule has 0 radical (unpaired) electrons. The minimum Gasteiger partial charge on any atom is -0.444 e. The van der Waals surface area contributed by atoms with Crippen LogP contribution in [0.5, 0.6) is 0 Å². The molecule has 0 unspecified atom stereocenters. The Morgan fingerprint density at radius 1 is 1.30 bits per heavy atom. The lowest BCUT2D eigenvalue weighted by atomic mass is 10.1. The number of hydrogen-bond acceptors (Lipinski definition) is 7. The van der Waals surface area contributed by atoms with Gasteiger partial charge < -0.3 is 20.3 Å². The fourth-order valence-corrected chi connectivity index (χ4v) is 3.31. The number of carbonyl (C=O) groups excluding carboxylic acids is 1. The van der Waals surface area contributed by atoms with Gasteiger partial charge in [0.1, 0.15) is 5.60 Å². The predicted molar refractivity (Wildman–Crippen MR) is 119 cm³/mol. The summed E-state index contributed by atoms with van der Waals surface area (Å²) in [6.07, 6.45) is 3.11. The van der Waals surface area contributed by atoms with Gasteiger partial charge in [0.05, 0.1) is 11.9 Å². The zero-order valence-electron chi connectivity index (χ0n) is 18.8. The number of nitrogens with zero attached hydrogens (tertiary/aromatic N) is 5. The Morgan fingerprint density at radius 3 is 2.53 bits per heavy atom. The van der Waals surface area contributed by atoms with Crippen LogP contribution < -0.4 is 10.6 Å². The maximum absolute atomic E-state index is 12.3. The molecule has 0 aliphatic carbocycles. The number of rotatable bonds is 5. The van der Waals surface area contributed by atoms with Gasteiger partial charge in [-0.1, -0.05) is 6.58 Å². The van der Waals surface area contributed by atoms with E-state index in [0.717, 1.165) is 24.1 Å². The molecule has 30 heavy (non-hydrogen) atoms. The number of ether oxygens (including phenoxy) is 1. The fourth-order valence-electron chi connectivity index (χ4n) is 3.31. The molecule has 1 amide bonds. The summed E-state index contributed by atoms with van der Waals surface area (Å²) >= 11 is 0. The highest BCUT2D eigenvalue weighted by atomic mass is 16.6. The molecule has 0 aromatic carbocycles. The summed E-state index contributed by atoms with van der Waals surface area (Å²) < 4.78 is 7.26. The van der Waals surface area contributed by atoms with E-state index in [1.165, 1.54) is 0 Å². The molecule has 1 aliphatic heterocycles. The summed E-state index contributed by atoms with van der Waals surface area (Å²) in [6.45, 7) is 17.0. The van der Waals surface area contributed by atoms with Gasteiger partial charge in [-0.3, -0.25) is 0 Å². The van der Waals surface area contributed by atoms with Gasteiger partial charge >= 0.3 is 6.09 Å². The highest BCUT2D eigenvalue weighted by Gasteiger charge is 2.27. The van der Waals surface area contributed by atoms with Crippen molar-refractivity contribution >= 4 is 29.1 Å². The van der Waals surface area contributed by atoms with Crippen molar-refractivity contribution in [2.45, 2.75) is 72.1 Å². The molecule has 2 N–H and O–H groups in total. The van der Waals surface area contributed by atoms with Crippen molar-refractivity contribution in [3.63, 3.8) is 0 Å². The number of piperidine rings is 1. The number of fused-ring (bicyclic) bond motifs is 1. The third-order valence-corrected chi connectivity index (χ3v) is 4.70. The summed E-state index contributed by atoms with van der Waals surface area (Å²) in [4.78, 5) is 23.2.